The summed E-state index contributed by atoms with van der Waals surface area (Å²) in [5.74, 6) is -1.73. The monoisotopic (exact) mass is 413 g/mol. The van der Waals surface area contributed by atoms with Gasteiger partial charge in [-0.25, -0.2) is 0 Å². The van der Waals surface area contributed by atoms with Gasteiger partial charge in [0.15, 0.2) is 13.5 Å². The van der Waals surface area contributed by atoms with E-state index < -0.39 is 11.9 Å². The van der Waals surface area contributed by atoms with E-state index in [4.69, 9.17) is 24.4 Å². The van der Waals surface area contributed by atoms with E-state index in [0.29, 0.717) is 19.6 Å². The van der Waals surface area contributed by atoms with Gasteiger partial charge in [-0.15, -0.1) is 0 Å². The van der Waals surface area contributed by atoms with E-state index in [0.717, 1.165) is 0 Å². The molecule has 0 aromatic carbocycles. The first-order chi connectivity index (χ1) is 14.0. The Hall–Kier alpha value is -3.14. The number of carboxylic acid groups (broad SMARTS) is 2. The van der Waals surface area contributed by atoms with Crippen LogP contribution in [0.1, 0.15) is 25.7 Å². The molecule has 0 fully saturated rings. The largest absolute Gasteiger partial charge is 0.481 e. The van der Waals surface area contributed by atoms with Crippen molar-refractivity contribution >= 4 is 11.9 Å². The number of rotatable bonds is 18. The summed E-state index contributed by atoms with van der Waals surface area (Å²) in [7, 11) is 3.48. The van der Waals surface area contributed by atoms with Gasteiger partial charge in [0.2, 0.25) is 0 Å². The van der Waals surface area contributed by atoms with E-state index in [1.54, 1.807) is 42.8 Å². The van der Waals surface area contributed by atoms with Crippen LogP contribution in [-0.2, 0) is 23.8 Å². The van der Waals surface area contributed by atoms with Crippen LogP contribution in [0.15, 0.2) is 49.5 Å². The number of nitrogens with zero attached hydrogens (tertiary/aromatic N) is 2. The van der Waals surface area contributed by atoms with Crippen molar-refractivity contribution in [1.29, 1.82) is 0 Å². The molecule has 0 radical (unpaired) electrons. The molecule has 10 nitrogen and oxygen atoms in total. The number of carboxylic acids is 2. The first kappa shape index (κ1) is 25.9. The van der Waals surface area contributed by atoms with Gasteiger partial charge in [0, 0.05) is 51.8 Å². The zero-order chi connectivity index (χ0) is 21.7. The van der Waals surface area contributed by atoms with Crippen LogP contribution < -0.4 is 5.32 Å². The van der Waals surface area contributed by atoms with Crippen molar-refractivity contribution in [1.82, 2.24) is 15.1 Å². The third-order valence-electron chi connectivity index (χ3n) is 3.05. The molecule has 0 amide bonds. The van der Waals surface area contributed by atoms with E-state index in [-0.39, 0.29) is 26.3 Å². The summed E-state index contributed by atoms with van der Waals surface area (Å²) >= 11 is 0. The topological polar surface area (TPSA) is 121 Å². The minimum Gasteiger partial charge on any atom is -0.481 e. The van der Waals surface area contributed by atoms with Crippen molar-refractivity contribution < 1.29 is 34.0 Å². The van der Waals surface area contributed by atoms with Crippen molar-refractivity contribution in [3.8, 4) is 0 Å². The van der Waals surface area contributed by atoms with Gasteiger partial charge in [-0.05, 0) is 25.0 Å². The fraction of sp³-hybridized carbons (Fsp3) is 0.474. The number of methoxy groups -OCH3 is 1. The van der Waals surface area contributed by atoms with E-state index in [2.05, 4.69) is 5.32 Å². The van der Waals surface area contributed by atoms with Crippen LogP contribution in [0.3, 0.4) is 0 Å². The number of nitrogens with one attached hydrogen (secondary N) is 1. The number of allylic oxidation sites excluding steroid dienone is 2. The maximum atomic E-state index is 10.5. The smallest absolute Gasteiger partial charge is 0.303 e. The molecule has 164 valence electrons. The predicted octanol–water partition coefficient (Wildman–Crippen LogP) is 2.06. The van der Waals surface area contributed by atoms with Crippen LogP contribution in [-0.4, -0.2) is 66.3 Å². The molecule has 0 aliphatic rings. The predicted molar refractivity (Wildman–Crippen MR) is 107 cm³/mol. The van der Waals surface area contributed by atoms with Crippen LogP contribution in [0.4, 0.5) is 0 Å². The normalized spacial score (nSPS) is 11.5. The lowest BCUT2D eigenvalue weighted by molar-refractivity contribution is -0.137. The summed E-state index contributed by atoms with van der Waals surface area (Å²) in [5, 5.41) is 20.1. The van der Waals surface area contributed by atoms with Gasteiger partial charge in [0.1, 0.15) is 6.73 Å². The highest BCUT2D eigenvalue weighted by Gasteiger charge is 1.98. The Kier molecular flexibility index (Phi) is 16.3. The summed E-state index contributed by atoms with van der Waals surface area (Å²) < 4.78 is 15.7. The molecule has 0 saturated carbocycles. The van der Waals surface area contributed by atoms with E-state index in [9.17, 15) is 9.59 Å². The van der Waals surface area contributed by atoms with Gasteiger partial charge in [-0.1, -0.05) is 0 Å². The Bertz CT molecular complexity index is 530. The highest BCUT2D eigenvalue weighted by molar-refractivity contribution is 5.67. The maximum Gasteiger partial charge on any atom is 0.303 e. The fourth-order valence-corrected chi connectivity index (χ4v) is 1.71. The Morgan fingerprint density at radius 1 is 0.897 bits per heavy atom. The highest BCUT2D eigenvalue weighted by atomic mass is 16.5. The Morgan fingerprint density at radius 2 is 1.41 bits per heavy atom. The third kappa shape index (κ3) is 19.4. The van der Waals surface area contributed by atoms with Gasteiger partial charge in [0.05, 0.1) is 12.5 Å². The average molecular weight is 413 g/mol. The fourth-order valence-electron chi connectivity index (χ4n) is 1.71. The van der Waals surface area contributed by atoms with Crippen LogP contribution in [0.2, 0.25) is 0 Å². The Labute approximate surface area is 171 Å². The van der Waals surface area contributed by atoms with E-state index in [1.165, 1.54) is 12.5 Å². The van der Waals surface area contributed by atoms with Gasteiger partial charge in [0.25, 0.3) is 0 Å². The summed E-state index contributed by atoms with van der Waals surface area (Å²) in [4.78, 5) is 24.5. The van der Waals surface area contributed by atoms with Gasteiger partial charge in [-0.2, -0.15) is 0 Å². The van der Waals surface area contributed by atoms with Crippen molar-refractivity contribution in [2.24, 2.45) is 0 Å². The molecule has 0 aliphatic heterocycles. The molecule has 0 rings (SSSR count). The molecule has 0 aromatic heterocycles. The second kappa shape index (κ2) is 18.2. The zero-order valence-corrected chi connectivity index (χ0v) is 16.9. The van der Waals surface area contributed by atoms with Gasteiger partial charge < -0.3 is 39.5 Å². The molecular weight excluding hydrogens is 382 g/mol. The molecule has 0 unspecified atom stereocenters. The molecule has 10 heteroatoms. The number of hydrogen-bond acceptors (Lipinski definition) is 8. The van der Waals surface area contributed by atoms with Crippen molar-refractivity contribution in [3.63, 3.8) is 0 Å². The molecule has 0 aromatic rings. The Balaban J connectivity index is 4.40. The molecule has 0 atom stereocenters. The standard InChI is InChI=1S/C19H31N3O7/c1-21(15-27-2)11-9-20-10-12-22(16-28-13-5-3-7-18(23)24)17-29-14-6-4-8-19(25)26/h5-6,9-14,20H,3-4,7-8,15-17H2,1-2H3,(H,23,24)(H,25,26). The lowest BCUT2D eigenvalue weighted by atomic mass is 10.3. The second-order valence-electron chi connectivity index (χ2n) is 5.76. The highest BCUT2D eigenvalue weighted by Crippen LogP contribution is 1.97. The number of hydrogen-bond donors (Lipinski definition) is 3. The second-order valence-corrected chi connectivity index (χ2v) is 5.76. The summed E-state index contributed by atoms with van der Waals surface area (Å²) in [6.45, 7) is 0.828. The average Bonchev–Trinajstić information content (AvgIpc) is 2.65. The third-order valence-corrected chi connectivity index (χ3v) is 3.05. The summed E-state index contributed by atoms with van der Waals surface area (Å²) in [5.41, 5.74) is 0. The molecule has 0 heterocycles. The number of aliphatic carboxylic acids is 2. The molecule has 0 saturated heterocycles. The molecule has 0 spiro atoms. The molecule has 3 N–H and O–H groups in total. The molecule has 0 bridgehead atoms. The van der Waals surface area contributed by atoms with Crippen LogP contribution in [0.25, 0.3) is 0 Å². The number of ether oxygens (including phenoxy) is 3. The maximum absolute atomic E-state index is 10.5. The minimum absolute atomic E-state index is 0.0432. The quantitative estimate of drug-likeness (QED) is 0.227. The van der Waals surface area contributed by atoms with Crippen molar-refractivity contribution in [3.05, 3.63) is 49.5 Å². The molecular formula is C19H31N3O7. The summed E-state index contributed by atoms with van der Waals surface area (Å²) in [6.07, 6.45) is 14.0. The Morgan fingerprint density at radius 3 is 1.90 bits per heavy atom. The molecule has 29 heavy (non-hydrogen) atoms. The summed E-state index contributed by atoms with van der Waals surface area (Å²) in [6, 6.07) is 0. The van der Waals surface area contributed by atoms with Crippen molar-refractivity contribution in [2.75, 3.05) is 34.3 Å². The molecule has 0 aliphatic carbocycles. The van der Waals surface area contributed by atoms with E-state index in [1.807, 2.05) is 18.1 Å². The van der Waals surface area contributed by atoms with Gasteiger partial charge >= 0.3 is 11.9 Å². The van der Waals surface area contributed by atoms with Gasteiger partial charge in [-0.3, -0.25) is 9.59 Å². The van der Waals surface area contributed by atoms with Crippen molar-refractivity contribution in [2.45, 2.75) is 25.7 Å². The first-order valence-electron chi connectivity index (χ1n) is 8.95. The van der Waals surface area contributed by atoms with E-state index >= 15 is 0 Å². The van der Waals surface area contributed by atoms with Crippen LogP contribution in [0, 0.1) is 0 Å². The SMILES string of the molecule is COCN(C)C=CNC=CN(COC=CCCC(=O)O)COC=CCCC(=O)O. The number of carbonyl (C=O) groups is 2. The van der Waals surface area contributed by atoms with Crippen LogP contribution in [0.5, 0.6) is 0 Å². The first-order valence-corrected chi connectivity index (χ1v) is 8.95. The lowest BCUT2D eigenvalue weighted by Crippen LogP contribution is -2.22. The minimum atomic E-state index is -0.863. The lowest BCUT2D eigenvalue weighted by Gasteiger charge is -2.18. The van der Waals surface area contributed by atoms with Crippen LogP contribution >= 0.6 is 0 Å². The zero-order valence-electron chi connectivity index (χ0n) is 16.9.